The number of nitrogens with zero attached hydrogens (tertiary/aromatic N) is 1. The Balaban J connectivity index is 2.16. The maximum absolute atomic E-state index is 11.0. The van der Waals surface area contributed by atoms with Gasteiger partial charge in [0.25, 0.3) is 0 Å². The molecule has 1 aromatic carbocycles. The summed E-state index contributed by atoms with van der Waals surface area (Å²) < 4.78 is 0. The van der Waals surface area contributed by atoms with Crippen LogP contribution in [0.1, 0.15) is 18.0 Å². The van der Waals surface area contributed by atoms with Crippen LogP contribution in [0.5, 0.6) is 0 Å². The van der Waals surface area contributed by atoms with E-state index in [9.17, 15) is 4.79 Å². The van der Waals surface area contributed by atoms with Gasteiger partial charge in [-0.05, 0) is 24.6 Å². The number of carbonyl (C=O) groups is 1. The monoisotopic (exact) mass is 268 g/mol. The molecule has 2 atom stereocenters. The van der Waals surface area contributed by atoms with Gasteiger partial charge >= 0.3 is 5.97 Å². The molecule has 18 heavy (non-hydrogen) atoms. The van der Waals surface area contributed by atoms with Gasteiger partial charge in [-0.2, -0.15) is 0 Å². The maximum Gasteiger partial charge on any atom is 0.307 e. The Morgan fingerprint density at radius 1 is 1.56 bits per heavy atom. The van der Waals surface area contributed by atoms with Gasteiger partial charge in [-0.15, -0.1) is 0 Å². The lowest BCUT2D eigenvalue weighted by atomic mass is 10.1. The van der Waals surface area contributed by atoms with Gasteiger partial charge in [0.15, 0.2) is 0 Å². The average molecular weight is 269 g/mol. The topological polar surface area (TPSA) is 66.6 Å². The van der Waals surface area contributed by atoms with E-state index in [4.69, 9.17) is 22.4 Å². The highest BCUT2D eigenvalue weighted by Crippen LogP contribution is 2.31. The van der Waals surface area contributed by atoms with Crippen molar-refractivity contribution < 1.29 is 9.90 Å². The van der Waals surface area contributed by atoms with Crippen LogP contribution < -0.4 is 5.73 Å². The van der Waals surface area contributed by atoms with Crippen LogP contribution in [-0.2, 0) is 4.79 Å². The van der Waals surface area contributed by atoms with Crippen molar-refractivity contribution in [3.05, 3.63) is 34.9 Å². The van der Waals surface area contributed by atoms with E-state index in [0.29, 0.717) is 24.5 Å². The molecule has 1 aliphatic heterocycles. The van der Waals surface area contributed by atoms with Gasteiger partial charge in [0, 0.05) is 24.2 Å². The molecule has 98 valence electrons. The van der Waals surface area contributed by atoms with Crippen LogP contribution in [0, 0.1) is 5.92 Å². The molecule has 0 aliphatic carbocycles. The molecular formula is C13H17ClN2O2. The lowest BCUT2D eigenvalue weighted by molar-refractivity contribution is -0.141. The summed E-state index contributed by atoms with van der Waals surface area (Å²) in [4.78, 5) is 13.1. The van der Waals surface area contributed by atoms with E-state index in [1.54, 1.807) is 0 Å². The first-order valence-corrected chi connectivity index (χ1v) is 6.42. The number of aliphatic carboxylic acids is 1. The molecule has 1 aromatic rings. The standard InChI is InChI=1S/C13H17ClN2O2/c14-11-4-2-1-3-10(11)12(7-15)16-6-5-9(8-16)13(17)18/h1-4,9,12H,5-8,15H2,(H,17,18)/t9-,12+/m0/s1. The molecule has 5 heteroatoms. The summed E-state index contributed by atoms with van der Waals surface area (Å²) in [5.74, 6) is -1.02. The van der Waals surface area contributed by atoms with E-state index in [2.05, 4.69) is 4.90 Å². The Labute approximate surface area is 111 Å². The zero-order chi connectivity index (χ0) is 13.1. The molecule has 0 unspecified atom stereocenters. The normalized spacial score (nSPS) is 22.0. The molecule has 0 saturated carbocycles. The first-order chi connectivity index (χ1) is 8.63. The number of halogens is 1. The number of nitrogens with two attached hydrogens (primary N) is 1. The van der Waals surface area contributed by atoms with Crippen LogP contribution in [0.15, 0.2) is 24.3 Å². The van der Waals surface area contributed by atoms with E-state index in [1.165, 1.54) is 0 Å². The van der Waals surface area contributed by atoms with Crippen LogP contribution >= 0.6 is 11.6 Å². The lowest BCUT2D eigenvalue weighted by Crippen LogP contribution is -2.33. The summed E-state index contributed by atoms with van der Waals surface area (Å²) in [6, 6.07) is 7.60. The van der Waals surface area contributed by atoms with Crippen LogP contribution in [-0.4, -0.2) is 35.6 Å². The number of rotatable bonds is 4. The summed E-state index contributed by atoms with van der Waals surface area (Å²) in [6.45, 7) is 1.74. The largest absolute Gasteiger partial charge is 0.481 e. The van der Waals surface area contributed by atoms with E-state index < -0.39 is 5.97 Å². The molecule has 0 aromatic heterocycles. The van der Waals surface area contributed by atoms with Crippen molar-refractivity contribution in [1.82, 2.24) is 4.90 Å². The number of hydrogen-bond donors (Lipinski definition) is 2. The van der Waals surface area contributed by atoms with Crippen LogP contribution in [0.2, 0.25) is 5.02 Å². The van der Waals surface area contributed by atoms with Crippen molar-refractivity contribution in [3.63, 3.8) is 0 Å². The summed E-state index contributed by atoms with van der Waals surface area (Å²) >= 11 is 6.18. The lowest BCUT2D eigenvalue weighted by Gasteiger charge is -2.27. The van der Waals surface area contributed by atoms with Gasteiger partial charge < -0.3 is 10.8 Å². The Morgan fingerprint density at radius 3 is 2.83 bits per heavy atom. The number of likely N-dealkylation sites (tertiary alicyclic amines) is 1. The molecule has 0 bridgehead atoms. The SMILES string of the molecule is NC[C@H](c1ccccc1Cl)N1CC[C@H](C(=O)O)C1. The molecule has 0 spiro atoms. The Hall–Kier alpha value is -1.10. The minimum Gasteiger partial charge on any atom is -0.481 e. The van der Waals surface area contributed by atoms with E-state index in [-0.39, 0.29) is 12.0 Å². The number of carboxylic acid groups (broad SMARTS) is 1. The van der Waals surface area contributed by atoms with Gasteiger partial charge in [-0.25, -0.2) is 0 Å². The smallest absolute Gasteiger partial charge is 0.307 e. The molecule has 0 radical (unpaired) electrons. The Morgan fingerprint density at radius 2 is 2.28 bits per heavy atom. The molecule has 1 fully saturated rings. The zero-order valence-electron chi connectivity index (χ0n) is 10.1. The molecule has 3 N–H and O–H groups in total. The quantitative estimate of drug-likeness (QED) is 0.873. The zero-order valence-corrected chi connectivity index (χ0v) is 10.8. The van der Waals surface area contributed by atoms with Gasteiger partial charge in [0.1, 0.15) is 0 Å². The van der Waals surface area contributed by atoms with Gasteiger partial charge in [-0.3, -0.25) is 9.69 Å². The first-order valence-electron chi connectivity index (χ1n) is 6.05. The molecule has 4 nitrogen and oxygen atoms in total. The highest BCUT2D eigenvalue weighted by atomic mass is 35.5. The van der Waals surface area contributed by atoms with E-state index >= 15 is 0 Å². The van der Waals surface area contributed by atoms with E-state index in [0.717, 1.165) is 12.1 Å². The summed E-state index contributed by atoms with van der Waals surface area (Å²) in [7, 11) is 0. The second-order valence-corrected chi connectivity index (χ2v) is 5.00. The van der Waals surface area contributed by atoms with Gasteiger partial charge in [0.2, 0.25) is 0 Å². The van der Waals surface area contributed by atoms with Crippen LogP contribution in [0.25, 0.3) is 0 Å². The fourth-order valence-corrected chi connectivity index (χ4v) is 2.75. The predicted octanol–water partition coefficient (Wildman–Crippen LogP) is 1.75. The summed E-state index contributed by atoms with van der Waals surface area (Å²) in [5.41, 5.74) is 6.81. The second kappa shape index (κ2) is 5.69. The van der Waals surface area contributed by atoms with Gasteiger partial charge in [0.05, 0.1) is 5.92 Å². The van der Waals surface area contributed by atoms with E-state index in [1.807, 2.05) is 24.3 Å². The first kappa shape index (κ1) is 13.3. The molecule has 1 saturated heterocycles. The summed E-state index contributed by atoms with van der Waals surface area (Å²) in [6.07, 6.45) is 0.677. The number of carboxylic acids is 1. The minimum absolute atomic E-state index is 0.00282. The highest BCUT2D eigenvalue weighted by molar-refractivity contribution is 6.31. The van der Waals surface area contributed by atoms with Crippen molar-refractivity contribution in [1.29, 1.82) is 0 Å². The third-order valence-corrected chi connectivity index (χ3v) is 3.84. The Bertz CT molecular complexity index is 439. The van der Waals surface area contributed by atoms with Crippen molar-refractivity contribution in [2.24, 2.45) is 11.7 Å². The molecule has 1 heterocycles. The summed E-state index contributed by atoms with van der Waals surface area (Å²) in [5, 5.41) is 9.71. The number of benzene rings is 1. The number of hydrogen-bond acceptors (Lipinski definition) is 3. The van der Waals surface area contributed by atoms with Crippen molar-refractivity contribution >= 4 is 17.6 Å². The minimum atomic E-state index is -0.729. The molecule has 1 aliphatic rings. The third-order valence-electron chi connectivity index (χ3n) is 3.50. The molecule has 0 amide bonds. The van der Waals surface area contributed by atoms with Crippen molar-refractivity contribution in [2.75, 3.05) is 19.6 Å². The fourth-order valence-electron chi connectivity index (χ4n) is 2.49. The third kappa shape index (κ3) is 2.66. The fraction of sp³-hybridized carbons (Fsp3) is 0.462. The average Bonchev–Trinajstić information content (AvgIpc) is 2.82. The molecular weight excluding hydrogens is 252 g/mol. The van der Waals surface area contributed by atoms with Crippen molar-refractivity contribution in [2.45, 2.75) is 12.5 Å². The Kier molecular flexibility index (Phi) is 4.22. The van der Waals surface area contributed by atoms with Crippen molar-refractivity contribution in [3.8, 4) is 0 Å². The van der Waals surface area contributed by atoms with Gasteiger partial charge in [-0.1, -0.05) is 29.8 Å². The molecule has 2 rings (SSSR count). The highest BCUT2D eigenvalue weighted by Gasteiger charge is 2.32. The van der Waals surface area contributed by atoms with Crippen LogP contribution in [0.4, 0.5) is 0 Å². The predicted molar refractivity (Wildman–Crippen MR) is 70.6 cm³/mol. The maximum atomic E-state index is 11.0. The second-order valence-electron chi connectivity index (χ2n) is 4.59. The van der Waals surface area contributed by atoms with Crippen LogP contribution in [0.3, 0.4) is 0 Å².